The number of hydrogen-bond acceptors (Lipinski definition) is 5. The third-order valence-corrected chi connectivity index (χ3v) is 7.66. The molecular weight excluding hydrogens is 416 g/mol. The van der Waals surface area contributed by atoms with Crippen molar-refractivity contribution in [2.45, 2.75) is 44.9 Å². The number of nitrogens with one attached hydrogen (secondary N) is 1. The molecule has 0 radical (unpaired) electrons. The summed E-state index contributed by atoms with van der Waals surface area (Å²) < 4.78 is 32.1. The summed E-state index contributed by atoms with van der Waals surface area (Å²) in [5.41, 5.74) is 3.83. The van der Waals surface area contributed by atoms with Gasteiger partial charge < -0.3 is 10.1 Å². The topological polar surface area (TPSA) is 92.8 Å². The van der Waals surface area contributed by atoms with E-state index in [-0.39, 0.29) is 10.5 Å². The van der Waals surface area contributed by atoms with Crippen molar-refractivity contribution in [3.8, 4) is 0 Å². The molecule has 0 spiro atoms. The van der Waals surface area contributed by atoms with Crippen molar-refractivity contribution in [1.29, 1.82) is 0 Å². The molecule has 0 aliphatic heterocycles. The Labute approximate surface area is 183 Å². The Hall–Kier alpha value is -2.71. The van der Waals surface area contributed by atoms with Gasteiger partial charge in [-0.1, -0.05) is 26.0 Å². The van der Waals surface area contributed by atoms with Crippen LogP contribution in [-0.2, 0) is 32.4 Å². The monoisotopic (exact) mass is 444 g/mol. The molecule has 1 aliphatic rings. The van der Waals surface area contributed by atoms with Gasteiger partial charge in [-0.15, -0.1) is 0 Å². The summed E-state index contributed by atoms with van der Waals surface area (Å²) in [6, 6.07) is 10.2. The van der Waals surface area contributed by atoms with Crippen LogP contribution in [-0.4, -0.2) is 44.3 Å². The highest BCUT2D eigenvalue weighted by Crippen LogP contribution is 2.25. The summed E-state index contributed by atoms with van der Waals surface area (Å²) in [6.45, 7) is 5.39. The van der Waals surface area contributed by atoms with Gasteiger partial charge in [0.15, 0.2) is 6.61 Å². The first-order valence-electron chi connectivity index (χ1n) is 10.5. The zero-order valence-electron chi connectivity index (χ0n) is 18.1. The Morgan fingerprint density at radius 2 is 1.74 bits per heavy atom. The van der Waals surface area contributed by atoms with Crippen LogP contribution in [0.4, 0.5) is 5.69 Å². The van der Waals surface area contributed by atoms with Gasteiger partial charge >= 0.3 is 5.97 Å². The van der Waals surface area contributed by atoms with E-state index in [1.54, 1.807) is 26.8 Å². The SMILES string of the molecule is CCN(CC)S(=O)(=O)c1cc(C(=O)OCC(=O)Nc2ccc3c(c2)CCC3)ccc1C. The summed E-state index contributed by atoms with van der Waals surface area (Å²) in [6.07, 6.45) is 3.18. The van der Waals surface area contributed by atoms with E-state index in [9.17, 15) is 18.0 Å². The normalized spacial score (nSPS) is 13.2. The number of fused-ring (bicyclic) bond motifs is 1. The van der Waals surface area contributed by atoms with E-state index in [1.165, 1.54) is 27.6 Å². The zero-order valence-corrected chi connectivity index (χ0v) is 18.9. The lowest BCUT2D eigenvalue weighted by Crippen LogP contribution is -2.31. The van der Waals surface area contributed by atoms with Gasteiger partial charge in [-0.3, -0.25) is 4.79 Å². The number of sulfonamides is 1. The molecule has 0 heterocycles. The van der Waals surface area contributed by atoms with Crippen LogP contribution >= 0.6 is 0 Å². The number of amides is 1. The first-order valence-corrected chi connectivity index (χ1v) is 11.9. The Balaban J connectivity index is 1.66. The highest BCUT2D eigenvalue weighted by atomic mass is 32.2. The summed E-state index contributed by atoms with van der Waals surface area (Å²) in [5, 5.41) is 2.73. The van der Waals surface area contributed by atoms with Gasteiger partial charge in [-0.2, -0.15) is 4.31 Å². The predicted octanol–water partition coefficient (Wildman–Crippen LogP) is 3.31. The highest BCUT2D eigenvalue weighted by molar-refractivity contribution is 7.89. The number of rotatable bonds is 8. The van der Waals surface area contributed by atoms with Crippen molar-refractivity contribution in [2.75, 3.05) is 25.0 Å². The molecule has 0 unspecified atom stereocenters. The minimum atomic E-state index is -3.72. The fourth-order valence-corrected chi connectivity index (χ4v) is 5.48. The van der Waals surface area contributed by atoms with E-state index in [0.717, 1.165) is 19.3 Å². The van der Waals surface area contributed by atoms with E-state index in [0.29, 0.717) is 24.3 Å². The molecule has 0 aromatic heterocycles. The van der Waals surface area contributed by atoms with E-state index in [1.807, 2.05) is 18.2 Å². The van der Waals surface area contributed by atoms with Gasteiger partial charge in [0.2, 0.25) is 10.0 Å². The lowest BCUT2D eigenvalue weighted by molar-refractivity contribution is -0.119. The van der Waals surface area contributed by atoms with Crippen LogP contribution < -0.4 is 5.32 Å². The molecule has 2 aromatic carbocycles. The third-order valence-electron chi connectivity index (χ3n) is 5.46. The van der Waals surface area contributed by atoms with Crippen LogP contribution in [0.5, 0.6) is 0 Å². The second kappa shape index (κ2) is 9.62. The molecule has 8 heteroatoms. The fraction of sp³-hybridized carbons (Fsp3) is 0.391. The molecule has 31 heavy (non-hydrogen) atoms. The highest BCUT2D eigenvalue weighted by Gasteiger charge is 2.25. The standard InChI is InChI=1S/C23H28N2O5S/c1-4-25(5-2)31(28,29)21-14-19(10-9-16(21)3)23(27)30-15-22(26)24-20-12-11-17-7-6-8-18(17)13-20/h9-14H,4-8,15H2,1-3H3,(H,24,26). The van der Waals surface area contributed by atoms with Crippen molar-refractivity contribution in [3.05, 3.63) is 58.7 Å². The molecule has 2 aromatic rings. The Bertz CT molecular complexity index is 1090. The Morgan fingerprint density at radius 3 is 2.45 bits per heavy atom. The minimum absolute atomic E-state index is 0.0632. The van der Waals surface area contributed by atoms with E-state index < -0.39 is 28.5 Å². The first-order chi connectivity index (χ1) is 14.8. The molecular formula is C23H28N2O5S. The third kappa shape index (κ3) is 5.14. The quantitative estimate of drug-likeness (QED) is 0.631. The number of carbonyl (C=O) groups excluding carboxylic acids is 2. The molecule has 1 N–H and O–H groups in total. The molecule has 1 amide bonds. The molecule has 166 valence electrons. The average Bonchev–Trinajstić information content (AvgIpc) is 3.20. The number of anilines is 1. The molecule has 0 atom stereocenters. The number of ether oxygens (including phenoxy) is 1. The molecule has 0 fully saturated rings. The second-order valence-corrected chi connectivity index (χ2v) is 9.44. The van der Waals surface area contributed by atoms with Gasteiger partial charge in [0.1, 0.15) is 0 Å². The number of benzene rings is 2. The van der Waals surface area contributed by atoms with Gasteiger partial charge in [0.05, 0.1) is 10.5 Å². The van der Waals surface area contributed by atoms with Crippen molar-refractivity contribution in [2.24, 2.45) is 0 Å². The maximum absolute atomic E-state index is 12.8. The maximum atomic E-state index is 12.8. The first kappa shape index (κ1) is 23.0. The van der Waals surface area contributed by atoms with Crippen LogP contribution in [0.1, 0.15) is 47.3 Å². The lowest BCUT2D eigenvalue weighted by atomic mass is 10.1. The average molecular weight is 445 g/mol. The second-order valence-electron chi connectivity index (χ2n) is 7.53. The summed E-state index contributed by atoms with van der Waals surface area (Å²) >= 11 is 0. The Morgan fingerprint density at radius 1 is 1.03 bits per heavy atom. The summed E-state index contributed by atoms with van der Waals surface area (Å²) in [7, 11) is -3.72. The molecule has 7 nitrogen and oxygen atoms in total. The smallest absolute Gasteiger partial charge is 0.338 e. The zero-order chi connectivity index (χ0) is 22.6. The van der Waals surface area contributed by atoms with Gasteiger partial charge in [-0.05, 0) is 67.1 Å². The van der Waals surface area contributed by atoms with E-state index in [4.69, 9.17) is 4.74 Å². The van der Waals surface area contributed by atoms with E-state index in [2.05, 4.69) is 5.32 Å². The molecule has 0 saturated carbocycles. The van der Waals surface area contributed by atoms with Gasteiger partial charge in [0.25, 0.3) is 5.91 Å². The fourth-order valence-electron chi connectivity index (χ4n) is 3.77. The number of nitrogens with zero attached hydrogens (tertiary/aromatic N) is 1. The summed E-state index contributed by atoms with van der Waals surface area (Å²) in [4.78, 5) is 24.7. The van der Waals surface area contributed by atoms with Crippen LogP contribution in [0, 0.1) is 6.92 Å². The number of carbonyl (C=O) groups is 2. The van der Waals surface area contributed by atoms with Gasteiger partial charge in [0, 0.05) is 18.8 Å². The Kier molecular flexibility index (Phi) is 7.12. The number of aryl methyl sites for hydroxylation is 3. The molecule has 3 rings (SSSR count). The maximum Gasteiger partial charge on any atom is 0.338 e. The molecule has 1 aliphatic carbocycles. The van der Waals surface area contributed by atoms with Gasteiger partial charge in [-0.25, -0.2) is 13.2 Å². The molecule has 0 bridgehead atoms. The van der Waals surface area contributed by atoms with Crippen molar-refractivity contribution >= 4 is 27.6 Å². The van der Waals surface area contributed by atoms with Crippen LogP contribution in [0.25, 0.3) is 0 Å². The van der Waals surface area contributed by atoms with Crippen LogP contribution in [0.3, 0.4) is 0 Å². The lowest BCUT2D eigenvalue weighted by Gasteiger charge is -2.20. The molecule has 0 saturated heterocycles. The number of hydrogen-bond donors (Lipinski definition) is 1. The van der Waals surface area contributed by atoms with E-state index >= 15 is 0 Å². The largest absolute Gasteiger partial charge is 0.452 e. The number of esters is 1. The van der Waals surface area contributed by atoms with Crippen LogP contribution in [0.15, 0.2) is 41.3 Å². The predicted molar refractivity (Wildman–Crippen MR) is 119 cm³/mol. The minimum Gasteiger partial charge on any atom is -0.452 e. The van der Waals surface area contributed by atoms with Crippen LogP contribution in [0.2, 0.25) is 0 Å². The van der Waals surface area contributed by atoms with Crippen molar-refractivity contribution in [1.82, 2.24) is 4.31 Å². The van der Waals surface area contributed by atoms with Crippen molar-refractivity contribution in [3.63, 3.8) is 0 Å². The van der Waals surface area contributed by atoms with Crippen molar-refractivity contribution < 1.29 is 22.7 Å². The summed E-state index contributed by atoms with van der Waals surface area (Å²) in [5.74, 6) is -1.20.